The van der Waals surface area contributed by atoms with Gasteiger partial charge in [-0.15, -0.1) is 0 Å². The van der Waals surface area contributed by atoms with Crippen molar-refractivity contribution in [3.05, 3.63) is 54.6 Å². The van der Waals surface area contributed by atoms with Crippen LogP contribution >= 0.6 is 0 Å². The highest BCUT2D eigenvalue weighted by Gasteiger charge is 2.16. The molecular formula is C21H26N2O3. The van der Waals surface area contributed by atoms with E-state index in [-0.39, 0.29) is 12.0 Å². The number of nitrogens with zero attached hydrogens (tertiary/aromatic N) is 1. The molecule has 5 nitrogen and oxygen atoms in total. The summed E-state index contributed by atoms with van der Waals surface area (Å²) in [5.74, 6) is 0.843. The molecule has 0 radical (unpaired) electrons. The van der Waals surface area contributed by atoms with E-state index in [2.05, 4.69) is 17.1 Å². The van der Waals surface area contributed by atoms with Crippen LogP contribution in [0.2, 0.25) is 0 Å². The number of rotatable bonds is 7. The maximum Gasteiger partial charge on any atom is 0.224 e. The Bertz CT molecular complexity index is 688. The molecule has 26 heavy (non-hydrogen) atoms. The Morgan fingerprint density at radius 2 is 1.96 bits per heavy atom. The number of amides is 1. The predicted molar refractivity (Wildman–Crippen MR) is 104 cm³/mol. The molecule has 1 heterocycles. The normalized spacial score (nSPS) is 17.0. The number of para-hydroxylation sites is 1. The Kier molecular flexibility index (Phi) is 6.50. The van der Waals surface area contributed by atoms with Crippen molar-refractivity contribution in [2.24, 2.45) is 0 Å². The second-order valence-corrected chi connectivity index (χ2v) is 6.49. The second kappa shape index (κ2) is 9.25. The third kappa shape index (κ3) is 5.49. The van der Waals surface area contributed by atoms with Crippen LogP contribution in [0, 0.1) is 0 Å². The van der Waals surface area contributed by atoms with E-state index in [9.17, 15) is 4.79 Å². The zero-order valence-corrected chi connectivity index (χ0v) is 15.2. The van der Waals surface area contributed by atoms with E-state index in [4.69, 9.17) is 9.47 Å². The van der Waals surface area contributed by atoms with Gasteiger partial charge in [-0.05, 0) is 49.7 Å². The van der Waals surface area contributed by atoms with Gasteiger partial charge < -0.3 is 19.7 Å². The smallest absolute Gasteiger partial charge is 0.224 e. The number of morpholine rings is 1. The number of benzene rings is 2. The lowest BCUT2D eigenvalue weighted by Crippen LogP contribution is -2.41. The summed E-state index contributed by atoms with van der Waals surface area (Å²) in [6.45, 7) is 5.17. The van der Waals surface area contributed by atoms with Crippen LogP contribution in [0.25, 0.3) is 0 Å². The third-order valence-corrected chi connectivity index (χ3v) is 4.32. The zero-order chi connectivity index (χ0) is 18.2. The summed E-state index contributed by atoms with van der Waals surface area (Å²) < 4.78 is 11.2. The molecule has 1 aliphatic rings. The van der Waals surface area contributed by atoms with E-state index in [1.54, 1.807) is 0 Å². The first-order valence-corrected chi connectivity index (χ1v) is 9.15. The minimum atomic E-state index is 0.00871. The number of nitrogens with one attached hydrogen (secondary N) is 1. The molecule has 1 atom stereocenters. The highest BCUT2D eigenvalue weighted by Crippen LogP contribution is 2.20. The average Bonchev–Trinajstić information content (AvgIpc) is 2.67. The standard InChI is InChI=1S/C21H26N2O3/c1-17-16-23(13-15-25-17)19-11-9-18(10-12-19)22-21(24)8-5-14-26-20-6-3-2-4-7-20/h2-4,6-7,9-12,17H,5,8,13-16H2,1H3,(H,22,24). The lowest BCUT2D eigenvalue weighted by molar-refractivity contribution is -0.116. The van der Waals surface area contributed by atoms with Crippen LogP contribution in [-0.2, 0) is 9.53 Å². The summed E-state index contributed by atoms with van der Waals surface area (Å²) in [6, 6.07) is 17.6. The maximum atomic E-state index is 12.1. The number of anilines is 2. The first kappa shape index (κ1) is 18.3. The van der Waals surface area contributed by atoms with E-state index < -0.39 is 0 Å². The van der Waals surface area contributed by atoms with E-state index in [1.165, 1.54) is 0 Å². The van der Waals surface area contributed by atoms with Crippen molar-refractivity contribution in [1.82, 2.24) is 0 Å². The van der Waals surface area contributed by atoms with Crippen LogP contribution in [0.5, 0.6) is 5.75 Å². The van der Waals surface area contributed by atoms with Crippen molar-refractivity contribution in [2.75, 3.05) is 36.5 Å². The molecule has 2 aromatic rings. The van der Waals surface area contributed by atoms with Crippen molar-refractivity contribution in [2.45, 2.75) is 25.9 Å². The van der Waals surface area contributed by atoms with Crippen LogP contribution in [0.1, 0.15) is 19.8 Å². The van der Waals surface area contributed by atoms with Gasteiger partial charge in [0.15, 0.2) is 0 Å². The topological polar surface area (TPSA) is 50.8 Å². The molecule has 1 aliphatic heterocycles. The first-order chi connectivity index (χ1) is 12.7. The van der Waals surface area contributed by atoms with E-state index in [0.717, 1.165) is 36.8 Å². The summed E-state index contributed by atoms with van der Waals surface area (Å²) in [7, 11) is 0. The molecule has 0 aliphatic carbocycles. The highest BCUT2D eigenvalue weighted by atomic mass is 16.5. The van der Waals surface area contributed by atoms with Crippen LogP contribution in [0.4, 0.5) is 11.4 Å². The van der Waals surface area contributed by atoms with Crippen molar-refractivity contribution < 1.29 is 14.3 Å². The van der Waals surface area contributed by atoms with Crippen LogP contribution in [0.15, 0.2) is 54.6 Å². The Morgan fingerprint density at radius 3 is 2.69 bits per heavy atom. The van der Waals surface area contributed by atoms with Gasteiger partial charge in [0.05, 0.1) is 19.3 Å². The molecule has 3 rings (SSSR count). The fraction of sp³-hybridized carbons (Fsp3) is 0.381. The van der Waals surface area contributed by atoms with E-state index in [0.29, 0.717) is 19.4 Å². The largest absolute Gasteiger partial charge is 0.494 e. The molecule has 0 aromatic heterocycles. The zero-order valence-electron chi connectivity index (χ0n) is 15.2. The lowest BCUT2D eigenvalue weighted by Gasteiger charge is -2.33. The summed E-state index contributed by atoms with van der Waals surface area (Å²) in [6.07, 6.45) is 1.38. The molecule has 1 unspecified atom stereocenters. The number of carbonyl (C=O) groups excluding carboxylic acids is 1. The molecule has 1 N–H and O–H groups in total. The highest BCUT2D eigenvalue weighted by molar-refractivity contribution is 5.90. The number of ether oxygens (including phenoxy) is 2. The van der Waals surface area contributed by atoms with Crippen LogP contribution in [-0.4, -0.2) is 38.3 Å². The Hall–Kier alpha value is -2.53. The van der Waals surface area contributed by atoms with Gasteiger partial charge in [-0.3, -0.25) is 4.79 Å². The monoisotopic (exact) mass is 354 g/mol. The lowest BCUT2D eigenvalue weighted by atomic mass is 10.2. The van der Waals surface area contributed by atoms with Gasteiger partial charge in [0.25, 0.3) is 0 Å². The minimum absolute atomic E-state index is 0.00871. The second-order valence-electron chi connectivity index (χ2n) is 6.49. The van der Waals surface area contributed by atoms with Gasteiger partial charge in [-0.25, -0.2) is 0 Å². The van der Waals surface area contributed by atoms with Crippen molar-refractivity contribution >= 4 is 17.3 Å². The van der Waals surface area contributed by atoms with Gasteiger partial charge in [-0.2, -0.15) is 0 Å². The van der Waals surface area contributed by atoms with Gasteiger partial charge in [-0.1, -0.05) is 18.2 Å². The van der Waals surface area contributed by atoms with E-state index in [1.807, 2.05) is 54.6 Å². The van der Waals surface area contributed by atoms with Gasteiger partial charge in [0, 0.05) is 30.9 Å². The molecule has 1 amide bonds. The first-order valence-electron chi connectivity index (χ1n) is 9.15. The molecule has 1 saturated heterocycles. The summed E-state index contributed by atoms with van der Waals surface area (Å²) >= 11 is 0. The van der Waals surface area contributed by atoms with Crippen LogP contribution < -0.4 is 15.0 Å². The molecule has 2 aromatic carbocycles. The van der Waals surface area contributed by atoms with Crippen molar-refractivity contribution in [1.29, 1.82) is 0 Å². The van der Waals surface area contributed by atoms with Crippen molar-refractivity contribution in [3.8, 4) is 5.75 Å². The molecule has 0 bridgehead atoms. The molecule has 0 spiro atoms. The maximum absolute atomic E-state index is 12.1. The number of carbonyl (C=O) groups is 1. The Morgan fingerprint density at radius 1 is 1.19 bits per heavy atom. The summed E-state index contributed by atoms with van der Waals surface area (Å²) in [5.41, 5.74) is 1.98. The molecular weight excluding hydrogens is 328 g/mol. The fourth-order valence-corrected chi connectivity index (χ4v) is 2.97. The van der Waals surface area contributed by atoms with Crippen LogP contribution in [0.3, 0.4) is 0 Å². The third-order valence-electron chi connectivity index (χ3n) is 4.32. The summed E-state index contributed by atoms with van der Waals surface area (Å²) in [5, 5.41) is 2.94. The predicted octanol–water partition coefficient (Wildman–Crippen LogP) is 3.71. The number of hydrogen-bond acceptors (Lipinski definition) is 4. The summed E-state index contributed by atoms with van der Waals surface area (Å²) in [4.78, 5) is 14.4. The fourth-order valence-electron chi connectivity index (χ4n) is 2.97. The Labute approximate surface area is 154 Å². The number of hydrogen-bond donors (Lipinski definition) is 1. The van der Waals surface area contributed by atoms with Gasteiger partial charge in [0.1, 0.15) is 5.75 Å². The Balaban J connectivity index is 1.40. The average molecular weight is 354 g/mol. The van der Waals surface area contributed by atoms with E-state index >= 15 is 0 Å². The molecule has 5 heteroatoms. The SMILES string of the molecule is CC1CN(c2ccc(NC(=O)CCCOc3ccccc3)cc2)CCO1. The molecule has 1 fully saturated rings. The van der Waals surface area contributed by atoms with Crippen molar-refractivity contribution in [3.63, 3.8) is 0 Å². The molecule has 0 saturated carbocycles. The molecule has 138 valence electrons. The minimum Gasteiger partial charge on any atom is -0.494 e. The van der Waals surface area contributed by atoms with Gasteiger partial charge in [0.2, 0.25) is 5.91 Å². The van der Waals surface area contributed by atoms with Gasteiger partial charge >= 0.3 is 0 Å². The quantitative estimate of drug-likeness (QED) is 0.770.